The summed E-state index contributed by atoms with van der Waals surface area (Å²) in [7, 11) is -3.96. The molecule has 5 aromatic rings. The number of carbonyl (C=O) groups is 1. The summed E-state index contributed by atoms with van der Waals surface area (Å²) in [4.78, 5) is 12.0. The number of rotatable bonds is 8. The van der Waals surface area contributed by atoms with Crippen molar-refractivity contribution in [3.05, 3.63) is 120 Å². The third kappa shape index (κ3) is 5.58. The largest absolute Gasteiger partial charge is 0.478 e. The summed E-state index contributed by atoms with van der Waals surface area (Å²) in [5.41, 5.74) is 7.85. The number of sulfonamides is 1. The van der Waals surface area contributed by atoms with Crippen molar-refractivity contribution < 1.29 is 23.1 Å². The molecule has 0 atom stereocenters. The summed E-state index contributed by atoms with van der Waals surface area (Å²) in [6.07, 6.45) is 0. The highest BCUT2D eigenvalue weighted by molar-refractivity contribution is 7.92. The number of hydrogen-bond acceptors (Lipinski definition) is 5. The van der Waals surface area contributed by atoms with Crippen LogP contribution in [-0.4, -0.2) is 25.3 Å². The minimum atomic E-state index is -3.96. The van der Waals surface area contributed by atoms with E-state index in [-0.39, 0.29) is 27.7 Å². The van der Waals surface area contributed by atoms with Gasteiger partial charge in [0.15, 0.2) is 0 Å². The predicted molar refractivity (Wildman–Crippen MR) is 151 cm³/mol. The number of amidine groups is 1. The molecule has 39 heavy (non-hydrogen) atoms. The molecular weight excluding hydrogens is 514 g/mol. The molecule has 0 unspecified atom stereocenters. The molecule has 8 nitrogen and oxygen atoms in total. The Labute approximate surface area is 224 Å². The van der Waals surface area contributed by atoms with Gasteiger partial charge in [0.2, 0.25) is 0 Å². The molecule has 9 heteroatoms. The second-order valence-electron chi connectivity index (χ2n) is 8.75. The molecule has 0 radical (unpaired) electrons. The standard InChI is InChI=1S/C30H23N3O5S/c31-29(32)22-7-5-20(6-8-22)21-9-13-25(14-10-21)38-28-16-12-24(18-27(28)30(34)35)33-39(36,37)26-15-11-19-3-1-2-4-23(19)17-26/h1-18,33H,(H3,31,32)(H,34,35). The number of benzene rings is 5. The lowest BCUT2D eigenvalue weighted by molar-refractivity contribution is 0.0694. The van der Waals surface area contributed by atoms with Gasteiger partial charge in [-0.15, -0.1) is 0 Å². The Balaban J connectivity index is 1.35. The number of hydrogen-bond donors (Lipinski definition) is 4. The molecule has 0 aliphatic rings. The van der Waals surface area contributed by atoms with Gasteiger partial charge in [-0.05, 0) is 64.4 Å². The van der Waals surface area contributed by atoms with Crippen LogP contribution in [-0.2, 0) is 10.0 Å². The fourth-order valence-electron chi connectivity index (χ4n) is 4.08. The molecular formula is C30H23N3O5S. The first-order valence-corrected chi connectivity index (χ1v) is 13.3. The van der Waals surface area contributed by atoms with Crippen LogP contribution in [0.4, 0.5) is 5.69 Å². The van der Waals surface area contributed by atoms with Crippen molar-refractivity contribution >= 4 is 38.3 Å². The lowest BCUT2D eigenvalue weighted by atomic mass is 10.0. The van der Waals surface area contributed by atoms with E-state index in [2.05, 4.69) is 4.72 Å². The maximum Gasteiger partial charge on any atom is 0.339 e. The highest BCUT2D eigenvalue weighted by atomic mass is 32.2. The first-order valence-electron chi connectivity index (χ1n) is 11.8. The molecule has 0 amide bonds. The topological polar surface area (TPSA) is 143 Å². The fraction of sp³-hybridized carbons (Fsp3) is 0. The Bertz CT molecular complexity index is 1820. The number of carboxylic acid groups (broad SMARTS) is 1. The lowest BCUT2D eigenvalue weighted by Gasteiger charge is -2.13. The smallest absolute Gasteiger partial charge is 0.339 e. The van der Waals surface area contributed by atoms with E-state index in [0.29, 0.717) is 11.3 Å². The first kappa shape index (κ1) is 25.5. The van der Waals surface area contributed by atoms with E-state index in [0.717, 1.165) is 21.9 Å². The number of fused-ring (bicyclic) bond motifs is 1. The zero-order chi connectivity index (χ0) is 27.6. The van der Waals surface area contributed by atoms with E-state index in [1.165, 1.54) is 24.3 Å². The summed E-state index contributed by atoms with van der Waals surface area (Å²) in [6, 6.07) is 30.6. The predicted octanol–water partition coefficient (Wildman–Crippen LogP) is 6.08. The van der Waals surface area contributed by atoms with Crippen LogP contribution in [0.1, 0.15) is 15.9 Å². The first-order chi connectivity index (χ1) is 18.7. The molecule has 5 rings (SSSR count). The van der Waals surface area contributed by atoms with Crippen molar-refractivity contribution in [2.45, 2.75) is 4.90 Å². The molecule has 0 spiro atoms. The van der Waals surface area contributed by atoms with Crippen molar-refractivity contribution in [1.29, 1.82) is 5.41 Å². The Morgan fingerprint density at radius 2 is 1.44 bits per heavy atom. The van der Waals surface area contributed by atoms with Crippen molar-refractivity contribution in [3.63, 3.8) is 0 Å². The average molecular weight is 538 g/mol. The molecule has 0 fully saturated rings. The summed E-state index contributed by atoms with van der Waals surface area (Å²) in [6.45, 7) is 0. The highest BCUT2D eigenvalue weighted by Crippen LogP contribution is 2.31. The highest BCUT2D eigenvalue weighted by Gasteiger charge is 2.18. The molecule has 5 aromatic carbocycles. The van der Waals surface area contributed by atoms with Gasteiger partial charge in [-0.3, -0.25) is 10.1 Å². The van der Waals surface area contributed by atoms with Crippen molar-refractivity contribution in [1.82, 2.24) is 0 Å². The molecule has 0 saturated heterocycles. The van der Waals surface area contributed by atoms with Gasteiger partial charge in [-0.25, -0.2) is 13.2 Å². The van der Waals surface area contributed by atoms with E-state index >= 15 is 0 Å². The van der Waals surface area contributed by atoms with Crippen LogP contribution in [0.5, 0.6) is 11.5 Å². The number of carboxylic acids is 1. The maximum atomic E-state index is 13.0. The molecule has 0 aliphatic heterocycles. The molecule has 0 bridgehead atoms. The summed E-state index contributed by atoms with van der Waals surface area (Å²) in [5, 5.41) is 19.0. The van der Waals surface area contributed by atoms with Gasteiger partial charge in [0.25, 0.3) is 10.0 Å². The number of nitrogens with two attached hydrogens (primary N) is 1. The summed E-state index contributed by atoms with van der Waals surface area (Å²) < 4.78 is 34.3. The second-order valence-corrected chi connectivity index (χ2v) is 10.4. The van der Waals surface area contributed by atoms with Crippen LogP contribution in [0.3, 0.4) is 0 Å². The van der Waals surface area contributed by atoms with Crippen molar-refractivity contribution in [2.24, 2.45) is 5.73 Å². The van der Waals surface area contributed by atoms with E-state index < -0.39 is 16.0 Å². The molecule has 0 aliphatic carbocycles. The van der Waals surface area contributed by atoms with Gasteiger partial charge < -0.3 is 15.6 Å². The van der Waals surface area contributed by atoms with Crippen LogP contribution < -0.4 is 15.2 Å². The molecule has 0 heterocycles. The van der Waals surface area contributed by atoms with Crippen LogP contribution in [0, 0.1) is 5.41 Å². The van der Waals surface area contributed by atoms with Gasteiger partial charge >= 0.3 is 5.97 Å². The normalized spacial score (nSPS) is 11.2. The number of ether oxygens (including phenoxy) is 1. The van der Waals surface area contributed by atoms with Crippen molar-refractivity contribution in [3.8, 4) is 22.6 Å². The Kier molecular flexibility index (Phi) is 6.74. The quantitative estimate of drug-likeness (QED) is 0.139. The number of nitrogens with one attached hydrogen (secondary N) is 2. The van der Waals surface area contributed by atoms with Crippen molar-refractivity contribution in [2.75, 3.05) is 4.72 Å². The van der Waals surface area contributed by atoms with Gasteiger partial charge in [-0.2, -0.15) is 0 Å². The van der Waals surface area contributed by atoms with Crippen LogP contribution in [0.25, 0.3) is 21.9 Å². The molecule has 5 N–H and O–H groups in total. The molecule has 194 valence electrons. The monoisotopic (exact) mass is 537 g/mol. The summed E-state index contributed by atoms with van der Waals surface area (Å²) in [5.74, 6) is -0.799. The average Bonchev–Trinajstić information content (AvgIpc) is 2.94. The SMILES string of the molecule is N=C(N)c1ccc(-c2ccc(Oc3ccc(NS(=O)(=O)c4ccc5ccccc5c4)cc3C(=O)O)cc2)cc1. The van der Waals surface area contributed by atoms with Gasteiger partial charge in [0, 0.05) is 11.3 Å². The second kappa shape index (κ2) is 10.3. The summed E-state index contributed by atoms with van der Waals surface area (Å²) >= 11 is 0. The number of aromatic carboxylic acids is 1. The van der Waals surface area contributed by atoms with Gasteiger partial charge in [-0.1, -0.05) is 66.7 Å². The zero-order valence-corrected chi connectivity index (χ0v) is 21.3. The molecule has 0 aromatic heterocycles. The number of anilines is 1. The van der Waals surface area contributed by atoms with Crippen LogP contribution in [0.15, 0.2) is 114 Å². The van der Waals surface area contributed by atoms with E-state index in [9.17, 15) is 18.3 Å². The maximum absolute atomic E-state index is 13.0. The Morgan fingerprint density at radius 3 is 2.08 bits per heavy atom. The Morgan fingerprint density at radius 1 is 0.795 bits per heavy atom. The fourth-order valence-corrected chi connectivity index (χ4v) is 5.17. The van der Waals surface area contributed by atoms with E-state index in [1.54, 1.807) is 36.4 Å². The van der Waals surface area contributed by atoms with E-state index in [1.807, 2.05) is 48.5 Å². The molecule has 0 saturated carbocycles. The Hall–Kier alpha value is -5.15. The number of nitrogen functional groups attached to an aromatic ring is 1. The third-order valence-corrected chi connectivity index (χ3v) is 7.48. The van der Waals surface area contributed by atoms with Crippen LogP contribution in [0.2, 0.25) is 0 Å². The van der Waals surface area contributed by atoms with Gasteiger partial charge in [0.1, 0.15) is 22.9 Å². The third-order valence-electron chi connectivity index (χ3n) is 6.10. The van der Waals surface area contributed by atoms with Crippen LogP contribution >= 0.6 is 0 Å². The van der Waals surface area contributed by atoms with Gasteiger partial charge in [0.05, 0.1) is 4.90 Å². The minimum absolute atomic E-state index is 0.00737. The lowest BCUT2D eigenvalue weighted by Crippen LogP contribution is -2.13. The van der Waals surface area contributed by atoms with E-state index in [4.69, 9.17) is 15.9 Å². The zero-order valence-electron chi connectivity index (χ0n) is 20.5. The minimum Gasteiger partial charge on any atom is -0.478 e.